The minimum atomic E-state index is -1.36. The molecule has 1 saturated heterocycles. The summed E-state index contributed by atoms with van der Waals surface area (Å²) in [5, 5.41) is 28.7. The molecule has 1 fully saturated rings. The molecule has 5 N–H and O–H groups in total. The Balaban J connectivity index is 2.11. The van der Waals surface area contributed by atoms with Crippen LogP contribution in [0.5, 0.6) is 0 Å². The topological polar surface area (TPSA) is 140 Å². The molecule has 1 aliphatic rings. The Bertz CT molecular complexity index is 650. The van der Waals surface area contributed by atoms with Crippen LogP contribution in [0.1, 0.15) is 6.23 Å². The Kier molecular flexibility index (Phi) is 3.01. The summed E-state index contributed by atoms with van der Waals surface area (Å²) >= 11 is 0. The number of rotatable bonds is 2. The summed E-state index contributed by atoms with van der Waals surface area (Å²) in [5.41, 5.74) is 5.55. The molecule has 20 heavy (non-hydrogen) atoms. The van der Waals surface area contributed by atoms with Gasteiger partial charge < -0.3 is 25.8 Å². The third-order valence-electron chi connectivity index (χ3n) is 3.23. The van der Waals surface area contributed by atoms with Crippen LogP contribution in [0, 0.1) is 5.95 Å². The number of aliphatic hydroxyl groups is 3. The molecule has 108 valence electrons. The van der Waals surface area contributed by atoms with E-state index in [1.807, 2.05) is 0 Å². The van der Waals surface area contributed by atoms with E-state index in [0.717, 1.165) is 10.9 Å². The van der Waals surface area contributed by atoms with Gasteiger partial charge >= 0.3 is 0 Å². The van der Waals surface area contributed by atoms with Crippen molar-refractivity contribution in [2.75, 3.05) is 12.3 Å². The number of imidazole rings is 1. The fourth-order valence-electron chi connectivity index (χ4n) is 2.24. The Labute approximate surface area is 111 Å². The average Bonchev–Trinajstić information content (AvgIpc) is 2.90. The number of fused-ring (bicyclic) bond motifs is 1. The highest BCUT2D eigenvalue weighted by atomic mass is 19.1. The van der Waals surface area contributed by atoms with Gasteiger partial charge in [-0.05, 0) is 0 Å². The molecule has 0 aromatic carbocycles. The zero-order chi connectivity index (χ0) is 14.4. The van der Waals surface area contributed by atoms with Crippen molar-refractivity contribution in [3.8, 4) is 0 Å². The van der Waals surface area contributed by atoms with Crippen molar-refractivity contribution in [1.29, 1.82) is 0 Å². The summed E-state index contributed by atoms with van der Waals surface area (Å²) < 4.78 is 20.0. The standard InChI is InChI=1S/C10H12FN5O4/c11-7-4-8(14-2-13-7)16(10(12)15-4)9-6(19)5(18)3(1-17)20-9/h2-3,5-6,9,17-19H,1H2,(H2,12,15). The third-order valence-corrected chi connectivity index (χ3v) is 3.23. The minimum Gasteiger partial charge on any atom is -0.394 e. The maximum Gasteiger partial charge on any atom is 0.244 e. The number of halogens is 1. The molecule has 0 amide bonds. The molecule has 4 unspecified atom stereocenters. The molecular formula is C10H12FN5O4. The number of nitrogens with two attached hydrogens (primary N) is 1. The number of aliphatic hydroxyl groups excluding tert-OH is 3. The van der Waals surface area contributed by atoms with Gasteiger partial charge in [-0.15, -0.1) is 0 Å². The van der Waals surface area contributed by atoms with Gasteiger partial charge in [0.2, 0.25) is 11.9 Å². The molecule has 0 aliphatic carbocycles. The van der Waals surface area contributed by atoms with Crippen molar-refractivity contribution in [2.45, 2.75) is 24.5 Å². The zero-order valence-electron chi connectivity index (χ0n) is 10.1. The molecule has 3 heterocycles. The van der Waals surface area contributed by atoms with Crippen LogP contribution in [-0.2, 0) is 4.74 Å². The van der Waals surface area contributed by atoms with Gasteiger partial charge in [0.05, 0.1) is 6.61 Å². The molecule has 0 bridgehead atoms. The van der Waals surface area contributed by atoms with Gasteiger partial charge in [-0.1, -0.05) is 0 Å². The molecule has 0 saturated carbocycles. The highest BCUT2D eigenvalue weighted by Gasteiger charge is 2.44. The van der Waals surface area contributed by atoms with Crippen molar-refractivity contribution in [2.24, 2.45) is 0 Å². The lowest BCUT2D eigenvalue weighted by molar-refractivity contribution is -0.0500. The van der Waals surface area contributed by atoms with Crippen molar-refractivity contribution in [1.82, 2.24) is 19.5 Å². The second-order valence-corrected chi connectivity index (χ2v) is 4.41. The first-order chi connectivity index (χ1) is 9.54. The summed E-state index contributed by atoms with van der Waals surface area (Å²) in [7, 11) is 0. The smallest absolute Gasteiger partial charge is 0.244 e. The summed E-state index contributed by atoms with van der Waals surface area (Å²) in [6.45, 7) is -0.482. The number of hydrogen-bond acceptors (Lipinski definition) is 8. The van der Waals surface area contributed by atoms with Crippen LogP contribution in [0.4, 0.5) is 10.3 Å². The lowest BCUT2D eigenvalue weighted by Gasteiger charge is -2.17. The van der Waals surface area contributed by atoms with Crippen LogP contribution in [0.15, 0.2) is 6.33 Å². The van der Waals surface area contributed by atoms with Crippen molar-refractivity contribution in [3.05, 3.63) is 12.3 Å². The number of anilines is 1. The van der Waals surface area contributed by atoms with Gasteiger partial charge in [0.25, 0.3) is 0 Å². The van der Waals surface area contributed by atoms with Crippen molar-refractivity contribution >= 4 is 17.1 Å². The highest BCUT2D eigenvalue weighted by Crippen LogP contribution is 2.33. The molecule has 1 aliphatic heterocycles. The van der Waals surface area contributed by atoms with E-state index in [9.17, 15) is 14.6 Å². The van der Waals surface area contributed by atoms with Crippen molar-refractivity contribution in [3.63, 3.8) is 0 Å². The van der Waals surface area contributed by atoms with Gasteiger partial charge in [0, 0.05) is 0 Å². The van der Waals surface area contributed by atoms with E-state index >= 15 is 0 Å². The summed E-state index contributed by atoms with van der Waals surface area (Å²) in [4.78, 5) is 11.0. The normalized spacial score (nSPS) is 30.2. The second kappa shape index (κ2) is 4.59. The SMILES string of the molecule is Nc1nc2c(F)ncnc2n1C1OC(CO)C(O)C1O. The third kappa shape index (κ3) is 1.73. The molecule has 10 heteroatoms. The Hall–Kier alpha value is -1.88. The molecule has 0 radical (unpaired) electrons. The summed E-state index contributed by atoms with van der Waals surface area (Å²) in [6.07, 6.45) is -3.77. The quantitative estimate of drug-likeness (QED) is 0.472. The number of aromatic nitrogens is 4. The van der Waals surface area contributed by atoms with Crippen LogP contribution in [-0.4, -0.2) is 59.8 Å². The van der Waals surface area contributed by atoms with Gasteiger partial charge in [-0.2, -0.15) is 4.39 Å². The van der Waals surface area contributed by atoms with Crippen LogP contribution < -0.4 is 5.73 Å². The zero-order valence-corrected chi connectivity index (χ0v) is 10.1. The Morgan fingerprint density at radius 3 is 2.75 bits per heavy atom. The van der Waals surface area contributed by atoms with Crippen LogP contribution >= 0.6 is 0 Å². The molecule has 2 aromatic heterocycles. The predicted molar refractivity (Wildman–Crippen MR) is 62.7 cm³/mol. The van der Waals surface area contributed by atoms with E-state index in [4.69, 9.17) is 15.6 Å². The van der Waals surface area contributed by atoms with Gasteiger partial charge in [-0.3, -0.25) is 4.57 Å². The monoisotopic (exact) mass is 285 g/mol. The Morgan fingerprint density at radius 1 is 1.35 bits per heavy atom. The van der Waals surface area contributed by atoms with Crippen LogP contribution in [0.3, 0.4) is 0 Å². The number of nitrogens with zero attached hydrogens (tertiary/aromatic N) is 4. The predicted octanol–water partition coefficient (Wildman–Crippen LogP) is -1.84. The molecule has 2 aromatic rings. The molecule has 0 spiro atoms. The maximum atomic E-state index is 13.5. The molecule has 3 rings (SSSR count). The van der Waals surface area contributed by atoms with Crippen LogP contribution in [0.2, 0.25) is 0 Å². The van der Waals surface area contributed by atoms with Gasteiger partial charge in [0.15, 0.2) is 17.4 Å². The summed E-state index contributed by atoms with van der Waals surface area (Å²) in [5.74, 6) is -0.999. The molecular weight excluding hydrogens is 273 g/mol. The first-order valence-corrected chi connectivity index (χ1v) is 5.81. The maximum absolute atomic E-state index is 13.5. The highest BCUT2D eigenvalue weighted by molar-refractivity contribution is 5.73. The van der Waals surface area contributed by atoms with Crippen LogP contribution in [0.25, 0.3) is 11.2 Å². The second-order valence-electron chi connectivity index (χ2n) is 4.41. The first-order valence-electron chi connectivity index (χ1n) is 5.81. The molecule has 9 nitrogen and oxygen atoms in total. The van der Waals surface area contributed by atoms with E-state index in [-0.39, 0.29) is 17.1 Å². The minimum absolute atomic E-state index is 0.0323. The van der Waals surface area contributed by atoms with E-state index in [2.05, 4.69) is 15.0 Å². The number of ether oxygens (including phenoxy) is 1. The first kappa shape index (κ1) is 13.1. The summed E-state index contributed by atoms with van der Waals surface area (Å²) in [6, 6.07) is 0. The van der Waals surface area contributed by atoms with Crippen molar-refractivity contribution < 1.29 is 24.4 Å². The van der Waals surface area contributed by atoms with E-state index < -0.39 is 37.1 Å². The van der Waals surface area contributed by atoms with E-state index in [0.29, 0.717) is 0 Å². The number of hydrogen-bond donors (Lipinski definition) is 4. The largest absolute Gasteiger partial charge is 0.394 e. The van der Waals surface area contributed by atoms with E-state index in [1.54, 1.807) is 0 Å². The Morgan fingerprint density at radius 2 is 2.10 bits per heavy atom. The lowest BCUT2D eigenvalue weighted by Crippen LogP contribution is -2.33. The van der Waals surface area contributed by atoms with Gasteiger partial charge in [-0.25, -0.2) is 15.0 Å². The number of nitrogen functional groups attached to an aromatic ring is 1. The van der Waals surface area contributed by atoms with E-state index in [1.165, 1.54) is 0 Å². The lowest BCUT2D eigenvalue weighted by atomic mass is 10.1. The van der Waals surface area contributed by atoms with Gasteiger partial charge in [0.1, 0.15) is 24.6 Å². The average molecular weight is 285 g/mol. The fourth-order valence-corrected chi connectivity index (χ4v) is 2.24. The fraction of sp³-hybridized carbons (Fsp3) is 0.500. The molecule has 4 atom stereocenters.